The number of halogens is 1. The topological polar surface area (TPSA) is 57.1 Å². The molecule has 140 valence electrons. The van der Waals surface area contributed by atoms with Crippen LogP contribution < -0.4 is 15.9 Å². The van der Waals surface area contributed by atoms with Gasteiger partial charge in [0.1, 0.15) is 5.70 Å². The highest BCUT2D eigenvalue weighted by molar-refractivity contribution is 9.10. The molecule has 1 N–H and O–H groups in total. The van der Waals surface area contributed by atoms with Crippen LogP contribution in [-0.4, -0.2) is 21.8 Å². The van der Waals surface area contributed by atoms with Gasteiger partial charge in [-0.15, -0.1) is 5.10 Å². The van der Waals surface area contributed by atoms with E-state index < -0.39 is 0 Å². The quantitative estimate of drug-likeness (QED) is 0.690. The Morgan fingerprint density at radius 2 is 2.22 bits per heavy atom. The maximum atomic E-state index is 13.0. The number of carbonyl (C=O) groups is 1. The third kappa shape index (κ3) is 3.83. The number of thioether (sulfide) groups is 1. The number of nitrogens with zero attached hydrogens (tertiary/aromatic N) is 3. The molecule has 0 saturated carbocycles. The van der Waals surface area contributed by atoms with E-state index in [0.717, 1.165) is 32.8 Å². The largest absolute Gasteiger partial charge is 0.298 e. The number of hydrazone groups is 1. The molecule has 2 aliphatic rings. The highest BCUT2D eigenvalue weighted by Crippen LogP contribution is 2.31. The third-order valence-corrected chi connectivity index (χ3v) is 6.54. The summed E-state index contributed by atoms with van der Waals surface area (Å²) in [6.45, 7) is 2.18. The SMILES string of the molecule is CCCCCSC1=NN2C(=c3cc(Br)ccc3=N[C@@H]2c2ccsc2)C(=O)N1. The first-order valence-corrected chi connectivity index (χ1v) is 11.6. The molecule has 2 aliphatic heterocycles. The Kier molecular flexibility index (Phi) is 5.66. The summed E-state index contributed by atoms with van der Waals surface area (Å²) in [7, 11) is 0. The van der Waals surface area contributed by atoms with Crippen molar-refractivity contribution in [3.8, 4) is 0 Å². The van der Waals surface area contributed by atoms with Crippen LogP contribution in [0.3, 0.4) is 0 Å². The zero-order valence-electron chi connectivity index (χ0n) is 14.8. The first-order chi connectivity index (χ1) is 13.2. The predicted octanol–water partition coefficient (Wildman–Crippen LogP) is 3.58. The minimum atomic E-state index is -0.322. The molecule has 0 aliphatic carbocycles. The predicted molar refractivity (Wildman–Crippen MR) is 115 cm³/mol. The number of benzene rings is 1. The first kappa shape index (κ1) is 18.7. The molecule has 2 aromatic rings. The molecule has 1 aromatic carbocycles. The van der Waals surface area contributed by atoms with E-state index in [1.807, 2.05) is 29.6 Å². The van der Waals surface area contributed by atoms with E-state index in [0.29, 0.717) is 10.9 Å². The number of carbonyl (C=O) groups excluding carboxylic acids is 1. The van der Waals surface area contributed by atoms with Crippen LogP contribution >= 0.6 is 39.0 Å². The molecule has 0 unspecified atom stereocenters. The number of amides is 1. The molecule has 1 amide bonds. The fraction of sp³-hybridized carbons (Fsp3) is 0.316. The van der Waals surface area contributed by atoms with E-state index in [-0.39, 0.29) is 12.1 Å². The molecule has 27 heavy (non-hydrogen) atoms. The van der Waals surface area contributed by atoms with E-state index in [2.05, 4.69) is 33.6 Å². The lowest BCUT2D eigenvalue weighted by Gasteiger charge is -2.33. The van der Waals surface area contributed by atoms with E-state index in [4.69, 9.17) is 10.1 Å². The van der Waals surface area contributed by atoms with E-state index in [1.54, 1.807) is 28.1 Å². The number of rotatable bonds is 5. The molecule has 0 spiro atoms. The van der Waals surface area contributed by atoms with Crippen LogP contribution in [0.25, 0.3) is 5.70 Å². The second-order valence-corrected chi connectivity index (χ2v) is 9.11. The van der Waals surface area contributed by atoms with Gasteiger partial charge in [0, 0.05) is 21.0 Å². The number of unbranched alkanes of at least 4 members (excludes halogenated alkanes) is 2. The monoisotopic (exact) mass is 462 g/mol. The zero-order chi connectivity index (χ0) is 18.8. The van der Waals surface area contributed by atoms with E-state index >= 15 is 0 Å². The molecule has 1 atom stereocenters. The van der Waals surface area contributed by atoms with Crippen LogP contribution in [0, 0.1) is 0 Å². The summed E-state index contributed by atoms with van der Waals surface area (Å²) in [6.07, 6.45) is 3.15. The molecule has 4 rings (SSSR count). The number of hydrogen-bond acceptors (Lipinski definition) is 6. The molecule has 8 heteroatoms. The van der Waals surface area contributed by atoms with Gasteiger partial charge in [0.2, 0.25) is 0 Å². The van der Waals surface area contributed by atoms with Gasteiger partial charge in [0.05, 0.1) is 5.36 Å². The van der Waals surface area contributed by atoms with Gasteiger partial charge in [-0.05, 0) is 41.4 Å². The summed E-state index contributed by atoms with van der Waals surface area (Å²) in [5, 5.41) is 15.8. The van der Waals surface area contributed by atoms with Gasteiger partial charge in [-0.1, -0.05) is 47.5 Å². The summed E-state index contributed by atoms with van der Waals surface area (Å²) in [6, 6.07) is 7.85. The van der Waals surface area contributed by atoms with Gasteiger partial charge >= 0.3 is 0 Å². The minimum absolute atomic E-state index is 0.127. The van der Waals surface area contributed by atoms with Crippen molar-refractivity contribution < 1.29 is 4.79 Å². The second kappa shape index (κ2) is 8.16. The molecule has 5 nitrogen and oxygen atoms in total. The highest BCUT2D eigenvalue weighted by Gasteiger charge is 2.34. The molecule has 0 bridgehead atoms. The smallest absolute Gasteiger partial charge is 0.276 e. The molecule has 0 saturated heterocycles. The van der Waals surface area contributed by atoms with E-state index in [1.165, 1.54) is 12.8 Å². The van der Waals surface area contributed by atoms with Crippen molar-refractivity contribution in [1.29, 1.82) is 0 Å². The van der Waals surface area contributed by atoms with E-state index in [9.17, 15) is 4.79 Å². The number of amidine groups is 1. The van der Waals surface area contributed by atoms with Gasteiger partial charge in [0.15, 0.2) is 11.3 Å². The van der Waals surface area contributed by atoms with Gasteiger partial charge in [-0.25, -0.2) is 5.01 Å². The van der Waals surface area contributed by atoms with Crippen molar-refractivity contribution in [2.24, 2.45) is 10.1 Å². The van der Waals surface area contributed by atoms with Crippen LogP contribution in [-0.2, 0) is 4.79 Å². The maximum absolute atomic E-state index is 13.0. The van der Waals surface area contributed by atoms with Crippen molar-refractivity contribution in [3.63, 3.8) is 0 Å². The summed E-state index contributed by atoms with van der Waals surface area (Å²) < 4.78 is 0.911. The molecule has 3 heterocycles. The van der Waals surface area contributed by atoms with Crippen LogP contribution in [0.4, 0.5) is 0 Å². The lowest BCUT2D eigenvalue weighted by atomic mass is 10.1. The Hall–Kier alpha value is -1.64. The third-order valence-electron chi connectivity index (χ3n) is 4.40. The molecule has 1 aromatic heterocycles. The fourth-order valence-corrected chi connectivity index (χ4v) is 4.96. The fourth-order valence-electron chi connectivity index (χ4n) is 3.08. The summed E-state index contributed by atoms with van der Waals surface area (Å²) in [5.74, 6) is 0.816. The summed E-state index contributed by atoms with van der Waals surface area (Å²) >= 11 is 6.71. The molecular weight excluding hydrogens is 444 g/mol. The lowest BCUT2D eigenvalue weighted by Crippen LogP contribution is -2.50. The maximum Gasteiger partial charge on any atom is 0.276 e. The lowest BCUT2D eigenvalue weighted by molar-refractivity contribution is -0.116. The Labute approximate surface area is 174 Å². The number of hydrogen-bond donors (Lipinski definition) is 1. The van der Waals surface area contributed by atoms with Gasteiger partial charge < -0.3 is 0 Å². The number of thiophene rings is 1. The minimum Gasteiger partial charge on any atom is -0.298 e. The van der Waals surface area contributed by atoms with Crippen molar-refractivity contribution in [2.45, 2.75) is 32.4 Å². The van der Waals surface area contributed by atoms with Gasteiger partial charge in [-0.3, -0.25) is 15.1 Å². The first-order valence-electron chi connectivity index (χ1n) is 8.89. The Bertz CT molecular complexity index is 1000. The zero-order valence-corrected chi connectivity index (χ0v) is 18.0. The van der Waals surface area contributed by atoms with Crippen molar-refractivity contribution in [3.05, 3.63) is 55.6 Å². The Morgan fingerprint density at radius 3 is 3.00 bits per heavy atom. The van der Waals surface area contributed by atoms with Crippen molar-refractivity contribution >= 4 is 55.8 Å². The average Bonchev–Trinajstić information content (AvgIpc) is 3.19. The normalized spacial score (nSPS) is 18.4. The van der Waals surface area contributed by atoms with Crippen molar-refractivity contribution in [1.82, 2.24) is 10.3 Å². The van der Waals surface area contributed by atoms with Crippen LogP contribution in [0.1, 0.15) is 37.9 Å². The Morgan fingerprint density at radius 1 is 1.33 bits per heavy atom. The Balaban J connectivity index is 1.78. The number of nitrogens with one attached hydrogen (secondary N) is 1. The highest BCUT2D eigenvalue weighted by atomic mass is 79.9. The van der Waals surface area contributed by atoms with Crippen LogP contribution in [0.15, 0.2) is 49.6 Å². The molecule has 0 radical (unpaired) electrons. The van der Waals surface area contributed by atoms with Gasteiger partial charge in [0.25, 0.3) is 5.91 Å². The van der Waals surface area contributed by atoms with Crippen molar-refractivity contribution in [2.75, 3.05) is 5.75 Å². The molecule has 0 fully saturated rings. The number of fused-ring (bicyclic) bond motifs is 2. The second-order valence-electron chi connectivity index (χ2n) is 6.33. The van der Waals surface area contributed by atoms with Crippen LogP contribution in [0.5, 0.6) is 0 Å². The standard InChI is InChI=1S/C19H19BrN4OS2/c1-2-3-4-8-27-19-22-18(25)16-14-10-13(20)5-6-15(14)21-17(24(16)23-19)12-7-9-26-11-12/h5-7,9-11,17H,2-4,8H2,1H3,(H,22,23,25)/t17-/m0/s1. The van der Waals surface area contributed by atoms with Crippen LogP contribution in [0.2, 0.25) is 0 Å². The molecular formula is C19H19BrN4OS2. The summed E-state index contributed by atoms with van der Waals surface area (Å²) in [5.41, 5.74) is 1.59. The van der Waals surface area contributed by atoms with Gasteiger partial charge in [-0.2, -0.15) is 11.3 Å². The average molecular weight is 463 g/mol. The summed E-state index contributed by atoms with van der Waals surface area (Å²) in [4.78, 5) is 17.9.